The van der Waals surface area contributed by atoms with Crippen LogP contribution >= 0.6 is 0 Å². The number of benzene rings is 1. The summed E-state index contributed by atoms with van der Waals surface area (Å²) in [6.45, 7) is 5.59. The lowest BCUT2D eigenvalue weighted by atomic mass is 10.0. The third kappa shape index (κ3) is 4.18. The van der Waals surface area contributed by atoms with Crippen molar-refractivity contribution in [2.24, 2.45) is 0 Å². The van der Waals surface area contributed by atoms with Gasteiger partial charge in [-0.2, -0.15) is 5.10 Å². The molecular weight excluding hydrogens is 278 g/mol. The fourth-order valence-corrected chi connectivity index (χ4v) is 2.43. The summed E-state index contributed by atoms with van der Waals surface area (Å²) in [5, 5.41) is 20.0. The molecule has 0 aliphatic carbocycles. The summed E-state index contributed by atoms with van der Waals surface area (Å²) in [4.78, 5) is 12.1. The molecule has 0 bridgehead atoms. The van der Waals surface area contributed by atoms with Gasteiger partial charge in [-0.1, -0.05) is 30.3 Å². The van der Waals surface area contributed by atoms with E-state index in [1.165, 1.54) is 0 Å². The van der Waals surface area contributed by atoms with Gasteiger partial charge in [0.1, 0.15) is 0 Å². The number of rotatable bonds is 6. The number of H-pyrrole nitrogens is 1. The number of nitrogens with zero attached hydrogens (tertiary/aromatic N) is 1. The molecule has 22 heavy (non-hydrogen) atoms. The van der Waals surface area contributed by atoms with E-state index < -0.39 is 6.10 Å². The summed E-state index contributed by atoms with van der Waals surface area (Å²) >= 11 is 0. The lowest BCUT2D eigenvalue weighted by Gasteiger charge is -2.20. The monoisotopic (exact) mass is 301 g/mol. The van der Waals surface area contributed by atoms with Gasteiger partial charge in [-0.3, -0.25) is 9.89 Å². The van der Waals surface area contributed by atoms with Crippen LogP contribution in [0.4, 0.5) is 0 Å². The first-order valence-electron chi connectivity index (χ1n) is 7.49. The minimum absolute atomic E-state index is 0.104. The molecule has 3 N–H and O–H groups in total. The van der Waals surface area contributed by atoms with Gasteiger partial charge in [-0.05, 0) is 26.3 Å². The molecule has 2 rings (SSSR count). The molecule has 1 heterocycles. The van der Waals surface area contributed by atoms with Crippen molar-refractivity contribution in [1.82, 2.24) is 15.5 Å². The summed E-state index contributed by atoms with van der Waals surface area (Å²) in [6, 6.07) is 9.45. The molecule has 0 spiro atoms. The van der Waals surface area contributed by atoms with Crippen LogP contribution in [0.2, 0.25) is 0 Å². The molecule has 118 valence electrons. The predicted molar refractivity (Wildman–Crippen MR) is 85.5 cm³/mol. The van der Waals surface area contributed by atoms with Crippen LogP contribution in [-0.2, 0) is 17.6 Å². The predicted octanol–water partition coefficient (Wildman–Crippen LogP) is 1.68. The summed E-state index contributed by atoms with van der Waals surface area (Å²) < 4.78 is 0. The van der Waals surface area contributed by atoms with Crippen LogP contribution in [0.25, 0.3) is 0 Å². The van der Waals surface area contributed by atoms with E-state index in [-0.39, 0.29) is 18.4 Å². The highest BCUT2D eigenvalue weighted by molar-refractivity contribution is 5.79. The quantitative estimate of drug-likeness (QED) is 0.759. The Morgan fingerprint density at radius 2 is 2.00 bits per heavy atom. The Balaban J connectivity index is 1.88. The van der Waals surface area contributed by atoms with Gasteiger partial charge >= 0.3 is 0 Å². The number of nitrogens with one attached hydrogen (secondary N) is 2. The number of amides is 1. The van der Waals surface area contributed by atoms with E-state index in [1.54, 1.807) is 0 Å². The van der Waals surface area contributed by atoms with Crippen LogP contribution in [-0.4, -0.2) is 33.4 Å². The molecule has 0 saturated carbocycles. The van der Waals surface area contributed by atoms with Gasteiger partial charge in [-0.15, -0.1) is 0 Å². The largest absolute Gasteiger partial charge is 0.391 e. The van der Waals surface area contributed by atoms with Crippen LogP contribution in [0.1, 0.15) is 29.4 Å². The van der Waals surface area contributed by atoms with Crippen molar-refractivity contribution >= 4 is 5.91 Å². The Morgan fingerprint density at radius 3 is 2.59 bits per heavy atom. The fraction of sp³-hybridized carbons (Fsp3) is 0.412. The summed E-state index contributed by atoms with van der Waals surface area (Å²) in [5.74, 6) is -0.104. The number of aliphatic hydroxyl groups excluding tert-OH is 1. The second kappa shape index (κ2) is 7.22. The number of aromatic amines is 1. The minimum Gasteiger partial charge on any atom is -0.391 e. The Labute approximate surface area is 130 Å². The van der Waals surface area contributed by atoms with Crippen molar-refractivity contribution in [2.75, 3.05) is 0 Å². The number of aryl methyl sites for hydroxylation is 2. The van der Waals surface area contributed by atoms with Crippen molar-refractivity contribution in [3.05, 3.63) is 52.8 Å². The second-order valence-electron chi connectivity index (χ2n) is 5.70. The average molecular weight is 301 g/mol. The number of hydrogen-bond acceptors (Lipinski definition) is 3. The number of carbonyl (C=O) groups is 1. The van der Waals surface area contributed by atoms with E-state index in [9.17, 15) is 9.90 Å². The van der Waals surface area contributed by atoms with E-state index in [2.05, 4.69) is 15.5 Å². The maximum absolute atomic E-state index is 12.1. The van der Waals surface area contributed by atoms with Crippen LogP contribution in [0, 0.1) is 13.8 Å². The zero-order valence-electron chi connectivity index (χ0n) is 13.3. The minimum atomic E-state index is -0.613. The average Bonchev–Trinajstić information content (AvgIpc) is 2.80. The molecule has 0 radical (unpaired) electrons. The van der Waals surface area contributed by atoms with Gasteiger partial charge < -0.3 is 10.4 Å². The molecule has 1 aromatic heterocycles. The van der Waals surface area contributed by atoms with E-state index in [0.717, 1.165) is 22.5 Å². The molecule has 5 nitrogen and oxygen atoms in total. The number of aromatic nitrogens is 2. The highest BCUT2D eigenvalue weighted by Gasteiger charge is 2.18. The van der Waals surface area contributed by atoms with Crippen molar-refractivity contribution in [2.45, 2.75) is 45.8 Å². The van der Waals surface area contributed by atoms with Crippen molar-refractivity contribution < 1.29 is 9.90 Å². The van der Waals surface area contributed by atoms with Crippen molar-refractivity contribution in [1.29, 1.82) is 0 Å². The lowest BCUT2D eigenvalue weighted by Crippen LogP contribution is -2.42. The maximum Gasteiger partial charge on any atom is 0.224 e. The second-order valence-corrected chi connectivity index (χ2v) is 5.70. The van der Waals surface area contributed by atoms with Gasteiger partial charge in [0.15, 0.2) is 0 Å². The highest BCUT2D eigenvalue weighted by atomic mass is 16.3. The van der Waals surface area contributed by atoms with E-state index in [1.807, 2.05) is 51.1 Å². The fourth-order valence-electron chi connectivity index (χ4n) is 2.43. The first kappa shape index (κ1) is 16.2. The van der Waals surface area contributed by atoms with Gasteiger partial charge in [0.25, 0.3) is 0 Å². The Hall–Kier alpha value is -2.14. The molecule has 0 saturated heterocycles. The zero-order valence-corrected chi connectivity index (χ0v) is 13.3. The van der Waals surface area contributed by atoms with Crippen molar-refractivity contribution in [3.8, 4) is 0 Å². The molecule has 0 aliphatic heterocycles. The van der Waals surface area contributed by atoms with Crippen LogP contribution in [0.5, 0.6) is 0 Å². The van der Waals surface area contributed by atoms with Gasteiger partial charge in [0, 0.05) is 17.7 Å². The molecule has 2 atom stereocenters. The smallest absolute Gasteiger partial charge is 0.224 e. The summed E-state index contributed by atoms with van der Waals surface area (Å²) in [7, 11) is 0. The van der Waals surface area contributed by atoms with Gasteiger partial charge in [-0.25, -0.2) is 0 Å². The first-order chi connectivity index (χ1) is 10.5. The lowest BCUT2D eigenvalue weighted by molar-refractivity contribution is -0.121. The molecule has 2 unspecified atom stereocenters. The highest BCUT2D eigenvalue weighted by Crippen LogP contribution is 2.11. The Bertz CT molecular complexity index is 603. The molecule has 1 aromatic carbocycles. The van der Waals surface area contributed by atoms with Gasteiger partial charge in [0.2, 0.25) is 5.91 Å². The number of carbonyl (C=O) groups excluding carboxylic acids is 1. The molecule has 2 aromatic rings. The topological polar surface area (TPSA) is 78.0 Å². The van der Waals surface area contributed by atoms with Crippen molar-refractivity contribution in [3.63, 3.8) is 0 Å². The normalized spacial score (nSPS) is 13.6. The number of hydrogen-bond donors (Lipinski definition) is 3. The Morgan fingerprint density at radius 1 is 1.32 bits per heavy atom. The molecule has 0 aliphatic rings. The SMILES string of the molecule is Cc1n[nH]c(C)c1CC(=O)NC(C)C(O)Cc1ccccc1. The third-order valence-corrected chi connectivity index (χ3v) is 3.87. The van der Waals surface area contributed by atoms with E-state index in [0.29, 0.717) is 6.42 Å². The van der Waals surface area contributed by atoms with Gasteiger partial charge in [0.05, 0.1) is 24.3 Å². The summed E-state index contributed by atoms with van der Waals surface area (Å²) in [6.07, 6.45) is 0.181. The molecule has 1 amide bonds. The Kier molecular flexibility index (Phi) is 5.33. The van der Waals surface area contributed by atoms with Crippen LogP contribution in [0.15, 0.2) is 30.3 Å². The number of aliphatic hydroxyl groups is 1. The third-order valence-electron chi connectivity index (χ3n) is 3.87. The van der Waals surface area contributed by atoms with E-state index in [4.69, 9.17) is 0 Å². The first-order valence-corrected chi connectivity index (χ1v) is 7.49. The maximum atomic E-state index is 12.1. The molecule has 5 heteroatoms. The van der Waals surface area contributed by atoms with Crippen LogP contribution in [0.3, 0.4) is 0 Å². The molecule has 0 fully saturated rings. The zero-order chi connectivity index (χ0) is 16.1. The standard InChI is InChI=1S/C17H23N3O2/c1-11-15(12(2)20-19-11)10-17(22)18-13(3)16(21)9-14-7-5-4-6-8-14/h4-8,13,16,21H,9-10H2,1-3H3,(H,18,22)(H,19,20). The summed E-state index contributed by atoms with van der Waals surface area (Å²) in [5.41, 5.74) is 3.72. The molecular formula is C17H23N3O2. The van der Waals surface area contributed by atoms with Crippen LogP contribution < -0.4 is 5.32 Å². The van der Waals surface area contributed by atoms with E-state index >= 15 is 0 Å².